The van der Waals surface area contributed by atoms with Gasteiger partial charge in [0, 0.05) is 49.1 Å². The minimum Gasteiger partial charge on any atom is -0.338 e. The van der Waals surface area contributed by atoms with E-state index >= 15 is 0 Å². The van der Waals surface area contributed by atoms with Crippen molar-refractivity contribution < 1.29 is 17.6 Å². The lowest BCUT2D eigenvalue weighted by molar-refractivity contribution is -0.116. The summed E-state index contributed by atoms with van der Waals surface area (Å²) < 4.78 is 42.9. The molecule has 1 N–H and O–H groups in total. The van der Waals surface area contributed by atoms with E-state index in [0.717, 1.165) is 15.9 Å². The van der Waals surface area contributed by atoms with Crippen molar-refractivity contribution in [1.29, 1.82) is 0 Å². The number of nitrogens with one attached hydrogen (secondary N) is 1. The van der Waals surface area contributed by atoms with Gasteiger partial charge in [0.15, 0.2) is 0 Å². The topological polar surface area (TPSA) is 130 Å². The molecule has 192 valence electrons. The van der Waals surface area contributed by atoms with E-state index in [4.69, 9.17) is 0 Å². The highest BCUT2D eigenvalue weighted by Crippen LogP contribution is 2.33. The van der Waals surface area contributed by atoms with Crippen molar-refractivity contribution in [3.63, 3.8) is 0 Å². The first-order valence-electron chi connectivity index (χ1n) is 11.3. The molecule has 37 heavy (non-hydrogen) atoms. The molecule has 1 saturated heterocycles. The van der Waals surface area contributed by atoms with Crippen LogP contribution in [0.3, 0.4) is 0 Å². The molecule has 4 aromatic rings. The van der Waals surface area contributed by atoms with Crippen molar-refractivity contribution >= 4 is 49.1 Å². The number of carbonyl (C=O) groups is 1. The molecule has 1 aliphatic heterocycles. The zero-order chi connectivity index (χ0) is 26.2. The molecule has 4 heterocycles. The number of fused-ring (bicyclic) bond motifs is 1. The van der Waals surface area contributed by atoms with Gasteiger partial charge in [-0.2, -0.15) is 4.31 Å². The lowest BCUT2D eigenvalue weighted by atomic mass is 10.3. The summed E-state index contributed by atoms with van der Waals surface area (Å²) in [6, 6.07) is 6.91. The molecule has 1 aliphatic rings. The van der Waals surface area contributed by atoms with Crippen molar-refractivity contribution in [3.8, 4) is 0 Å². The fourth-order valence-corrected chi connectivity index (χ4v) is 7.23. The number of amides is 1. The van der Waals surface area contributed by atoms with E-state index in [-0.39, 0.29) is 34.7 Å². The van der Waals surface area contributed by atoms with Crippen molar-refractivity contribution in [2.24, 2.45) is 0 Å². The Morgan fingerprint density at radius 2 is 1.76 bits per heavy atom. The van der Waals surface area contributed by atoms with Crippen LogP contribution in [0.25, 0.3) is 10.2 Å². The number of benzene rings is 1. The van der Waals surface area contributed by atoms with Crippen LogP contribution >= 0.6 is 11.3 Å². The van der Waals surface area contributed by atoms with Crippen LogP contribution < -0.4 is 15.8 Å². The van der Waals surface area contributed by atoms with Crippen LogP contribution in [0.2, 0.25) is 0 Å². The van der Waals surface area contributed by atoms with E-state index in [1.54, 1.807) is 25.4 Å². The van der Waals surface area contributed by atoms with Gasteiger partial charge in [0.05, 0.1) is 11.7 Å². The largest absolute Gasteiger partial charge is 0.338 e. The Balaban J connectivity index is 1.40. The molecule has 11 nitrogen and oxygen atoms in total. The van der Waals surface area contributed by atoms with Crippen LogP contribution in [0.1, 0.15) is 4.88 Å². The normalized spacial score (nSPS) is 14.7. The van der Waals surface area contributed by atoms with Crippen molar-refractivity contribution in [2.45, 2.75) is 18.4 Å². The number of carbonyl (C=O) groups excluding carboxylic acids is 1. The molecule has 1 amide bonds. The smallest absolute Gasteiger partial charge is 0.263 e. The second-order valence-corrected chi connectivity index (χ2v) is 11.4. The molecule has 0 atom stereocenters. The predicted octanol–water partition coefficient (Wildman–Crippen LogP) is 1.85. The van der Waals surface area contributed by atoms with E-state index in [9.17, 15) is 22.4 Å². The van der Waals surface area contributed by atoms with Crippen LogP contribution in [0.4, 0.5) is 16.0 Å². The van der Waals surface area contributed by atoms with Gasteiger partial charge in [-0.05, 0) is 37.3 Å². The third-order valence-corrected chi connectivity index (χ3v) is 9.13. The number of piperazine rings is 1. The van der Waals surface area contributed by atoms with Gasteiger partial charge < -0.3 is 10.2 Å². The van der Waals surface area contributed by atoms with Crippen LogP contribution in [0.5, 0.6) is 0 Å². The standard InChI is InChI=1S/C23H22FN7O4S2/c1-15-20(37(34,35)31-11-9-29(10-12-31)23-25-7-2-8-26-23)19-21(36-15)27-14-30(22(19)33)13-18(32)28-17-5-3-16(24)4-6-17/h2-8,14H,9-13H2,1H3,(H,28,32). The number of halogens is 1. The number of hydrogen-bond acceptors (Lipinski definition) is 9. The Kier molecular flexibility index (Phi) is 6.70. The Bertz CT molecular complexity index is 1610. The average Bonchev–Trinajstić information content (AvgIpc) is 3.25. The molecule has 0 aliphatic carbocycles. The molecule has 3 aromatic heterocycles. The highest BCUT2D eigenvalue weighted by atomic mass is 32.2. The van der Waals surface area contributed by atoms with Crippen LogP contribution in [0, 0.1) is 12.7 Å². The summed E-state index contributed by atoms with van der Waals surface area (Å²) >= 11 is 1.12. The van der Waals surface area contributed by atoms with Gasteiger partial charge in [-0.15, -0.1) is 11.3 Å². The number of hydrogen-bond donors (Lipinski definition) is 1. The van der Waals surface area contributed by atoms with Gasteiger partial charge in [0.1, 0.15) is 22.1 Å². The Morgan fingerprint density at radius 3 is 2.43 bits per heavy atom. The number of anilines is 2. The van der Waals surface area contributed by atoms with Gasteiger partial charge in [-0.1, -0.05) is 0 Å². The minimum atomic E-state index is -4.02. The summed E-state index contributed by atoms with van der Waals surface area (Å²) in [7, 11) is -4.02. The van der Waals surface area contributed by atoms with Gasteiger partial charge in [0.25, 0.3) is 5.56 Å². The minimum absolute atomic E-state index is 0.0339. The lowest BCUT2D eigenvalue weighted by Crippen LogP contribution is -2.49. The highest BCUT2D eigenvalue weighted by molar-refractivity contribution is 7.89. The number of sulfonamides is 1. The van der Waals surface area contributed by atoms with E-state index in [0.29, 0.717) is 29.6 Å². The second-order valence-electron chi connectivity index (χ2n) is 8.34. The maximum atomic E-state index is 13.7. The molecule has 14 heteroatoms. The molecule has 0 bridgehead atoms. The Labute approximate surface area is 215 Å². The van der Waals surface area contributed by atoms with Crippen LogP contribution in [-0.4, -0.2) is 64.3 Å². The second kappa shape index (κ2) is 9.95. The first-order valence-corrected chi connectivity index (χ1v) is 13.6. The van der Waals surface area contributed by atoms with E-state index in [1.807, 2.05) is 4.90 Å². The molecule has 1 fully saturated rings. The number of nitrogens with zero attached hydrogens (tertiary/aromatic N) is 6. The maximum absolute atomic E-state index is 13.7. The Morgan fingerprint density at radius 1 is 1.08 bits per heavy atom. The third-order valence-electron chi connectivity index (χ3n) is 5.91. The first kappa shape index (κ1) is 24.9. The van der Waals surface area contributed by atoms with E-state index < -0.39 is 27.3 Å². The van der Waals surface area contributed by atoms with Crippen LogP contribution in [-0.2, 0) is 21.4 Å². The summed E-state index contributed by atoms with van der Waals surface area (Å²) in [6.45, 7) is 2.45. The summed E-state index contributed by atoms with van der Waals surface area (Å²) in [4.78, 5) is 41.1. The number of rotatable bonds is 6. The van der Waals surface area contributed by atoms with E-state index in [2.05, 4.69) is 20.3 Å². The maximum Gasteiger partial charge on any atom is 0.263 e. The zero-order valence-electron chi connectivity index (χ0n) is 19.7. The lowest BCUT2D eigenvalue weighted by Gasteiger charge is -2.33. The van der Waals surface area contributed by atoms with E-state index in [1.165, 1.54) is 34.9 Å². The summed E-state index contributed by atoms with van der Waals surface area (Å²) in [6.07, 6.45) is 4.48. The number of aromatic nitrogens is 4. The SMILES string of the molecule is Cc1sc2ncn(CC(=O)Nc3ccc(F)cc3)c(=O)c2c1S(=O)(=O)N1CCN(c2ncccn2)CC1. The molecule has 0 unspecified atom stereocenters. The number of aryl methyl sites for hydroxylation is 1. The first-order chi connectivity index (χ1) is 17.7. The molecule has 0 radical (unpaired) electrons. The summed E-state index contributed by atoms with van der Waals surface area (Å²) in [5.41, 5.74) is -0.262. The average molecular weight is 544 g/mol. The van der Waals surface area contributed by atoms with Gasteiger partial charge >= 0.3 is 0 Å². The molecule has 0 saturated carbocycles. The highest BCUT2D eigenvalue weighted by Gasteiger charge is 2.34. The predicted molar refractivity (Wildman–Crippen MR) is 137 cm³/mol. The molecule has 1 aromatic carbocycles. The summed E-state index contributed by atoms with van der Waals surface area (Å²) in [5.74, 6) is -0.451. The molecular formula is C23H22FN7O4S2. The van der Waals surface area contributed by atoms with Crippen LogP contribution in [0.15, 0.2) is 58.7 Å². The molecule has 5 rings (SSSR count). The number of thiophene rings is 1. The molecular weight excluding hydrogens is 521 g/mol. The van der Waals surface area contributed by atoms with Crippen molar-refractivity contribution in [1.82, 2.24) is 23.8 Å². The zero-order valence-corrected chi connectivity index (χ0v) is 21.3. The molecule has 0 spiro atoms. The van der Waals surface area contributed by atoms with Crippen molar-refractivity contribution in [2.75, 3.05) is 36.4 Å². The van der Waals surface area contributed by atoms with Gasteiger partial charge in [-0.3, -0.25) is 14.2 Å². The third kappa shape index (κ3) is 4.95. The fraction of sp³-hybridized carbons (Fsp3) is 0.261. The summed E-state index contributed by atoms with van der Waals surface area (Å²) in [5, 5.41) is 2.55. The van der Waals surface area contributed by atoms with Gasteiger partial charge in [-0.25, -0.2) is 27.8 Å². The fourth-order valence-electron chi connectivity index (χ4n) is 4.14. The monoisotopic (exact) mass is 543 g/mol. The quantitative estimate of drug-likeness (QED) is 0.390. The van der Waals surface area contributed by atoms with Gasteiger partial charge in [0.2, 0.25) is 21.9 Å². The van der Waals surface area contributed by atoms with Crippen molar-refractivity contribution in [3.05, 3.63) is 70.1 Å². The Hall–Kier alpha value is -3.75.